The lowest BCUT2D eigenvalue weighted by molar-refractivity contribution is -0.122. The van der Waals surface area contributed by atoms with Gasteiger partial charge in [0.2, 0.25) is 15.9 Å². The first-order chi connectivity index (χ1) is 14.2. The second kappa shape index (κ2) is 8.83. The molecular weight excluding hydrogens is 408 g/mol. The molecule has 1 amide bonds. The molecule has 30 heavy (non-hydrogen) atoms. The average Bonchev–Trinajstić information content (AvgIpc) is 2.71. The molecule has 0 saturated heterocycles. The minimum absolute atomic E-state index is 0.181. The number of sulfonamides is 1. The Morgan fingerprint density at radius 2 is 1.97 bits per heavy atom. The van der Waals surface area contributed by atoms with E-state index in [1.54, 1.807) is 18.2 Å². The Labute approximate surface area is 176 Å². The highest BCUT2D eigenvalue weighted by molar-refractivity contribution is 7.92. The maximum atomic E-state index is 12.8. The number of amides is 1. The molecule has 3 rings (SSSR count). The number of fused-ring (bicyclic) bond motifs is 1. The summed E-state index contributed by atoms with van der Waals surface area (Å²) < 4.78 is 43.0. The molecule has 1 aliphatic heterocycles. The van der Waals surface area contributed by atoms with E-state index < -0.39 is 22.0 Å². The molecule has 0 unspecified atom stereocenters. The Hall–Kier alpha value is -2.94. The van der Waals surface area contributed by atoms with Crippen LogP contribution in [-0.2, 0) is 14.8 Å². The zero-order chi connectivity index (χ0) is 21.9. The Kier molecular flexibility index (Phi) is 6.40. The molecule has 1 N–H and O–H groups in total. The minimum atomic E-state index is -3.76. The van der Waals surface area contributed by atoms with Crippen molar-refractivity contribution in [1.29, 1.82) is 0 Å². The number of nitrogens with zero attached hydrogens (tertiary/aromatic N) is 1. The van der Waals surface area contributed by atoms with Crippen molar-refractivity contribution < 1.29 is 27.4 Å². The van der Waals surface area contributed by atoms with Gasteiger partial charge in [-0.3, -0.25) is 9.10 Å². The standard InChI is InChI=1S/C21H26N2O6S/c1-14-9-10-18(27-3)17(11-14)23(30(4,25)26)15(2)21(24)22-12-16-13-28-19-7-5-6-8-20(19)29-16/h5-11,15-16H,12-13H2,1-4H3,(H,22,24)/t15-,16+/m0/s1. The van der Waals surface area contributed by atoms with Gasteiger partial charge in [-0.25, -0.2) is 8.42 Å². The first-order valence-corrected chi connectivity index (χ1v) is 11.4. The monoisotopic (exact) mass is 434 g/mol. The first-order valence-electron chi connectivity index (χ1n) is 9.51. The van der Waals surface area contributed by atoms with Crippen LogP contribution in [0.5, 0.6) is 17.2 Å². The van der Waals surface area contributed by atoms with Gasteiger partial charge < -0.3 is 19.5 Å². The number of anilines is 1. The summed E-state index contributed by atoms with van der Waals surface area (Å²) in [5, 5.41) is 2.77. The summed E-state index contributed by atoms with van der Waals surface area (Å²) in [4.78, 5) is 12.8. The molecule has 2 atom stereocenters. The van der Waals surface area contributed by atoms with E-state index in [2.05, 4.69) is 5.32 Å². The summed E-state index contributed by atoms with van der Waals surface area (Å²) in [7, 11) is -2.30. The lowest BCUT2D eigenvalue weighted by Crippen LogP contribution is -2.50. The van der Waals surface area contributed by atoms with Gasteiger partial charge in [-0.1, -0.05) is 18.2 Å². The SMILES string of the molecule is COc1ccc(C)cc1N([C@@H](C)C(=O)NC[C@@H]1COc2ccccc2O1)S(C)(=O)=O. The van der Waals surface area contributed by atoms with Crippen molar-refractivity contribution in [2.75, 3.05) is 30.8 Å². The average molecular weight is 435 g/mol. The van der Waals surface area contributed by atoms with E-state index in [9.17, 15) is 13.2 Å². The van der Waals surface area contributed by atoms with Gasteiger partial charge in [0.05, 0.1) is 25.6 Å². The van der Waals surface area contributed by atoms with Gasteiger partial charge in [-0.2, -0.15) is 0 Å². The molecule has 2 aromatic carbocycles. The Morgan fingerprint density at radius 3 is 2.63 bits per heavy atom. The highest BCUT2D eigenvalue weighted by atomic mass is 32.2. The number of methoxy groups -OCH3 is 1. The van der Waals surface area contributed by atoms with Gasteiger partial charge >= 0.3 is 0 Å². The van der Waals surface area contributed by atoms with Crippen LogP contribution in [0.25, 0.3) is 0 Å². The maximum absolute atomic E-state index is 12.8. The van der Waals surface area contributed by atoms with Crippen molar-refractivity contribution in [1.82, 2.24) is 5.32 Å². The molecular formula is C21H26N2O6S. The van der Waals surface area contributed by atoms with Gasteiger partial charge in [0.15, 0.2) is 11.5 Å². The number of benzene rings is 2. The second-order valence-corrected chi connectivity index (χ2v) is 9.01. The normalized spacial score (nSPS) is 16.5. The quantitative estimate of drug-likeness (QED) is 0.717. The van der Waals surface area contributed by atoms with Gasteiger partial charge in [-0.15, -0.1) is 0 Å². The zero-order valence-electron chi connectivity index (χ0n) is 17.4. The number of hydrogen-bond acceptors (Lipinski definition) is 6. The number of nitrogens with one attached hydrogen (secondary N) is 1. The summed E-state index contributed by atoms with van der Waals surface area (Å²) in [5.41, 5.74) is 1.16. The summed E-state index contributed by atoms with van der Waals surface area (Å²) in [6.45, 7) is 3.84. The third kappa shape index (κ3) is 4.79. The molecule has 1 aliphatic rings. The minimum Gasteiger partial charge on any atom is -0.495 e. The van der Waals surface area contributed by atoms with Crippen molar-refractivity contribution in [3.8, 4) is 17.2 Å². The van der Waals surface area contributed by atoms with Gasteiger partial charge in [0, 0.05) is 0 Å². The number of hydrogen-bond donors (Lipinski definition) is 1. The third-order valence-corrected chi connectivity index (χ3v) is 5.96. The lowest BCUT2D eigenvalue weighted by atomic mass is 10.2. The highest BCUT2D eigenvalue weighted by Crippen LogP contribution is 2.33. The van der Waals surface area contributed by atoms with E-state index in [1.165, 1.54) is 14.0 Å². The van der Waals surface area contributed by atoms with Crippen LogP contribution in [0.4, 0.5) is 5.69 Å². The maximum Gasteiger partial charge on any atom is 0.243 e. The molecule has 2 aromatic rings. The largest absolute Gasteiger partial charge is 0.495 e. The molecule has 0 aliphatic carbocycles. The van der Waals surface area contributed by atoms with Crippen LogP contribution in [-0.4, -0.2) is 53.0 Å². The van der Waals surface area contributed by atoms with E-state index in [1.807, 2.05) is 31.2 Å². The number of para-hydroxylation sites is 2. The van der Waals surface area contributed by atoms with E-state index in [0.29, 0.717) is 22.9 Å². The smallest absolute Gasteiger partial charge is 0.243 e. The molecule has 9 heteroatoms. The summed E-state index contributed by atoms with van der Waals surface area (Å²) in [6, 6.07) is 11.5. The van der Waals surface area contributed by atoms with Gasteiger partial charge in [0.25, 0.3) is 0 Å². The van der Waals surface area contributed by atoms with Gasteiger partial charge in [-0.05, 0) is 43.7 Å². The number of rotatable bonds is 7. The number of carbonyl (C=O) groups excluding carboxylic acids is 1. The van der Waals surface area contributed by atoms with E-state index in [-0.39, 0.29) is 19.3 Å². The van der Waals surface area contributed by atoms with Crippen LogP contribution in [0.15, 0.2) is 42.5 Å². The van der Waals surface area contributed by atoms with E-state index in [0.717, 1.165) is 16.1 Å². The molecule has 0 bridgehead atoms. The van der Waals surface area contributed by atoms with Crippen molar-refractivity contribution in [2.45, 2.75) is 26.0 Å². The van der Waals surface area contributed by atoms with Crippen molar-refractivity contribution >= 4 is 21.6 Å². The molecule has 0 aromatic heterocycles. The van der Waals surface area contributed by atoms with Crippen LogP contribution >= 0.6 is 0 Å². The van der Waals surface area contributed by atoms with Crippen molar-refractivity contribution in [3.63, 3.8) is 0 Å². The summed E-state index contributed by atoms with van der Waals surface area (Å²) in [5.74, 6) is 1.18. The number of carbonyl (C=O) groups is 1. The summed E-state index contributed by atoms with van der Waals surface area (Å²) in [6.07, 6.45) is 0.685. The molecule has 0 saturated carbocycles. The molecule has 0 fully saturated rings. The van der Waals surface area contributed by atoms with E-state index >= 15 is 0 Å². The fraction of sp³-hybridized carbons (Fsp3) is 0.381. The van der Waals surface area contributed by atoms with Crippen molar-refractivity contribution in [3.05, 3.63) is 48.0 Å². The fourth-order valence-corrected chi connectivity index (χ4v) is 4.45. The van der Waals surface area contributed by atoms with E-state index in [4.69, 9.17) is 14.2 Å². The number of aryl methyl sites for hydroxylation is 1. The van der Waals surface area contributed by atoms with Gasteiger partial charge in [0.1, 0.15) is 24.5 Å². The molecule has 162 valence electrons. The summed E-state index contributed by atoms with van der Waals surface area (Å²) >= 11 is 0. The zero-order valence-corrected chi connectivity index (χ0v) is 18.2. The second-order valence-electron chi connectivity index (χ2n) is 7.15. The Balaban J connectivity index is 1.74. The highest BCUT2D eigenvalue weighted by Gasteiger charge is 2.32. The Morgan fingerprint density at radius 1 is 1.27 bits per heavy atom. The van der Waals surface area contributed by atoms with Crippen molar-refractivity contribution in [2.24, 2.45) is 0 Å². The Bertz CT molecular complexity index is 1020. The first kappa shape index (κ1) is 21.8. The lowest BCUT2D eigenvalue weighted by Gasteiger charge is -2.31. The van der Waals surface area contributed by atoms with Crippen LogP contribution in [0, 0.1) is 6.92 Å². The fourth-order valence-electron chi connectivity index (χ4n) is 3.28. The molecule has 1 heterocycles. The third-order valence-electron chi connectivity index (χ3n) is 4.73. The van der Waals surface area contributed by atoms with Crippen LogP contribution in [0.3, 0.4) is 0 Å². The van der Waals surface area contributed by atoms with Crippen LogP contribution < -0.4 is 23.8 Å². The topological polar surface area (TPSA) is 94.2 Å². The van der Waals surface area contributed by atoms with Crippen LogP contribution in [0.2, 0.25) is 0 Å². The van der Waals surface area contributed by atoms with Crippen LogP contribution in [0.1, 0.15) is 12.5 Å². The predicted molar refractivity (Wildman–Crippen MR) is 114 cm³/mol. The molecule has 8 nitrogen and oxygen atoms in total. The predicted octanol–water partition coefficient (Wildman–Crippen LogP) is 2.11. The molecule has 0 spiro atoms. The molecule has 0 radical (unpaired) electrons. The number of ether oxygens (including phenoxy) is 3.